The molecule has 324 valence electrons. The number of para-hydroxylation sites is 2. The maximum atomic E-state index is 15.5. The van der Waals surface area contributed by atoms with Crippen LogP contribution in [0.2, 0.25) is 0 Å². The molecule has 0 spiro atoms. The summed E-state index contributed by atoms with van der Waals surface area (Å²) in [6.07, 6.45) is -9.60. The molecule has 0 radical (unpaired) electrons. The lowest BCUT2D eigenvalue weighted by Crippen LogP contribution is -2.12. The highest BCUT2D eigenvalue weighted by Gasteiger charge is 2.38. The maximum Gasteiger partial charge on any atom is 0.417 e. The molecule has 13 rings (SSSR count). The van der Waals surface area contributed by atoms with Gasteiger partial charge in [0.1, 0.15) is 0 Å². The van der Waals surface area contributed by atoms with Crippen LogP contribution in [0, 0.1) is 6.92 Å². The fraction of sp³-hybridized carbons (Fsp3) is 0.0526. The summed E-state index contributed by atoms with van der Waals surface area (Å²) in [6, 6.07) is 52.9. The Balaban J connectivity index is 1.28. The minimum atomic E-state index is -4.80. The summed E-state index contributed by atoms with van der Waals surface area (Å²) in [5, 5.41) is 7.87. The minimum absolute atomic E-state index is 0.138. The first kappa shape index (κ1) is 39.9. The molecule has 10 heteroatoms. The molecule has 67 heavy (non-hydrogen) atoms. The molecule has 0 bridgehead atoms. The van der Waals surface area contributed by atoms with Crippen LogP contribution < -0.4 is 0 Å². The van der Waals surface area contributed by atoms with Crippen molar-refractivity contribution in [1.82, 2.24) is 9.13 Å². The molecule has 9 aromatic carbocycles. The zero-order valence-electron chi connectivity index (χ0n) is 35.2. The van der Waals surface area contributed by atoms with E-state index in [1.807, 2.05) is 100 Å². The number of hydrogen-bond donors (Lipinski definition) is 0. The second-order valence-corrected chi connectivity index (χ2v) is 19.1. The Labute approximate surface area is 385 Å². The summed E-state index contributed by atoms with van der Waals surface area (Å²) in [4.78, 5) is 0. The first-order valence-electron chi connectivity index (χ1n) is 21.7. The molecule has 0 amide bonds. The molecule has 0 saturated carbocycles. The van der Waals surface area contributed by atoms with Gasteiger partial charge in [-0.05, 0) is 90.3 Å². The summed E-state index contributed by atoms with van der Waals surface area (Å²) in [6.45, 7) is 1.68. The molecule has 4 aromatic heterocycles. The number of alkyl halides is 6. The molecular weight excluding hydrogens is 891 g/mol. The van der Waals surface area contributed by atoms with Gasteiger partial charge in [-0.15, -0.1) is 22.7 Å². The van der Waals surface area contributed by atoms with E-state index in [-0.39, 0.29) is 27.8 Å². The summed E-state index contributed by atoms with van der Waals surface area (Å²) in [7, 11) is 0. The number of hydrogen-bond acceptors (Lipinski definition) is 2. The quantitative estimate of drug-likeness (QED) is 0.156. The van der Waals surface area contributed by atoms with E-state index in [4.69, 9.17) is 0 Å². The molecule has 2 nitrogen and oxygen atoms in total. The van der Waals surface area contributed by atoms with Crippen LogP contribution in [-0.4, -0.2) is 9.13 Å². The van der Waals surface area contributed by atoms with E-state index >= 15 is 26.3 Å². The number of nitrogens with zero attached hydrogens (tertiary/aromatic N) is 2. The third-order valence-electron chi connectivity index (χ3n) is 13.4. The van der Waals surface area contributed by atoms with Crippen molar-refractivity contribution in [3.8, 4) is 33.6 Å². The van der Waals surface area contributed by atoms with Crippen LogP contribution in [0.5, 0.6) is 0 Å². The third kappa shape index (κ3) is 5.76. The van der Waals surface area contributed by atoms with Crippen LogP contribution in [0.3, 0.4) is 0 Å². The lowest BCUT2D eigenvalue weighted by Gasteiger charge is -2.26. The van der Waals surface area contributed by atoms with Gasteiger partial charge in [0.2, 0.25) is 0 Å². The standard InChI is InChI=1S/C57H32F6N2S2/c1-31-50(32-14-2-8-20-38(32)56(58,59)60)44(64-40-22-10-4-16-34(40)52-42(64)26-28-48-54(52)36-18-6-12-24-46(36)66-48)30-45(51(31)33-15-3-9-21-39(33)57(61,62)63)65-41-23-11-5-17-35(41)53-43(65)27-29-49-55(53)37-19-7-13-25-47(37)67-49/h2-30H,1H3. The normalized spacial score (nSPS) is 12.7. The van der Waals surface area contributed by atoms with E-state index in [1.54, 1.807) is 41.7 Å². The van der Waals surface area contributed by atoms with E-state index in [9.17, 15) is 0 Å². The van der Waals surface area contributed by atoms with E-state index < -0.39 is 23.5 Å². The van der Waals surface area contributed by atoms with E-state index in [0.717, 1.165) is 96.1 Å². The monoisotopic (exact) mass is 922 g/mol. The van der Waals surface area contributed by atoms with Gasteiger partial charge >= 0.3 is 12.4 Å². The van der Waals surface area contributed by atoms with E-state index in [2.05, 4.69) is 36.4 Å². The van der Waals surface area contributed by atoms with Gasteiger partial charge in [-0.1, -0.05) is 109 Å². The van der Waals surface area contributed by atoms with Crippen molar-refractivity contribution in [1.29, 1.82) is 0 Å². The molecule has 0 saturated heterocycles. The van der Waals surface area contributed by atoms with Gasteiger partial charge in [0.15, 0.2) is 0 Å². The highest BCUT2D eigenvalue weighted by Crippen LogP contribution is 2.52. The zero-order chi connectivity index (χ0) is 45.5. The number of fused-ring (bicyclic) bond motifs is 14. The molecule has 0 fully saturated rings. The predicted molar refractivity (Wildman–Crippen MR) is 267 cm³/mol. The van der Waals surface area contributed by atoms with Gasteiger partial charge in [-0.3, -0.25) is 0 Å². The fourth-order valence-corrected chi connectivity index (χ4v) is 13.0. The van der Waals surface area contributed by atoms with Gasteiger partial charge in [-0.2, -0.15) is 26.3 Å². The van der Waals surface area contributed by atoms with Crippen LogP contribution >= 0.6 is 22.7 Å². The summed E-state index contributed by atoms with van der Waals surface area (Å²) in [5.74, 6) is 0. The lowest BCUT2D eigenvalue weighted by atomic mass is 9.86. The molecule has 4 heterocycles. The second kappa shape index (κ2) is 14.3. The van der Waals surface area contributed by atoms with Crippen LogP contribution in [0.15, 0.2) is 176 Å². The van der Waals surface area contributed by atoms with Crippen molar-refractivity contribution in [3.05, 3.63) is 193 Å². The first-order valence-corrected chi connectivity index (χ1v) is 23.3. The smallest absolute Gasteiger partial charge is 0.309 e. The van der Waals surface area contributed by atoms with Gasteiger partial charge in [0.05, 0.1) is 44.6 Å². The topological polar surface area (TPSA) is 9.86 Å². The molecule has 0 unspecified atom stereocenters. The van der Waals surface area contributed by atoms with Crippen LogP contribution in [-0.2, 0) is 12.4 Å². The number of thiophene rings is 2. The maximum absolute atomic E-state index is 15.5. The Morgan fingerprint density at radius 2 is 0.731 bits per heavy atom. The van der Waals surface area contributed by atoms with Crippen molar-refractivity contribution >= 4 is 107 Å². The van der Waals surface area contributed by atoms with E-state index in [0.29, 0.717) is 11.4 Å². The molecule has 0 aliphatic rings. The van der Waals surface area contributed by atoms with Gasteiger partial charge in [-0.25, -0.2) is 0 Å². The lowest BCUT2D eigenvalue weighted by molar-refractivity contribution is -0.137. The van der Waals surface area contributed by atoms with Crippen LogP contribution in [0.1, 0.15) is 16.7 Å². The van der Waals surface area contributed by atoms with Gasteiger partial charge < -0.3 is 9.13 Å². The first-order chi connectivity index (χ1) is 32.5. The van der Waals surface area contributed by atoms with Crippen molar-refractivity contribution < 1.29 is 26.3 Å². The minimum Gasteiger partial charge on any atom is -0.309 e. The highest BCUT2D eigenvalue weighted by molar-refractivity contribution is 7.26. The second-order valence-electron chi connectivity index (χ2n) is 16.9. The van der Waals surface area contributed by atoms with Gasteiger partial charge in [0.25, 0.3) is 0 Å². The average Bonchev–Trinajstić information content (AvgIpc) is 4.08. The molecule has 0 aliphatic heterocycles. The Morgan fingerprint density at radius 3 is 1.16 bits per heavy atom. The number of benzene rings is 9. The summed E-state index contributed by atoms with van der Waals surface area (Å²) >= 11 is 3.35. The SMILES string of the molecule is Cc1c(-c2ccccc2C(F)(F)F)c(-n2c3ccccc3c3c4c(ccc32)sc2ccccc24)cc(-n2c3ccccc3c3c4c(ccc32)sc2ccccc24)c1-c1ccccc1C(F)(F)F. The zero-order valence-corrected chi connectivity index (χ0v) is 36.9. The molecule has 0 N–H and O–H groups in total. The highest BCUT2D eigenvalue weighted by atomic mass is 32.1. The largest absolute Gasteiger partial charge is 0.417 e. The summed E-state index contributed by atoms with van der Waals surface area (Å²) in [5.41, 5.74) is 2.35. The molecular formula is C57H32F6N2S2. The van der Waals surface area contributed by atoms with Crippen LogP contribution in [0.4, 0.5) is 26.3 Å². The fourth-order valence-electron chi connectivity index (χ4n) is 10.8. The van der Waals surface area contributed by atoms with Gasteiger partial charge in [0, 0.05) is 73.0 Å². The average molecular weight is 923 g/mol. The molecule has 0 atom stereocenters. The Hall–Kier alpha value is -7.40. The summed E-state index contributed by atoms with van der Waals surface area (Å²) < 4.78 is 101. The third-order valence-corrected chi connectivity index (χ3v) is 15.6. The Morgan fingerprint density at radius 1 is 0.358 bits per heavy atom. The number of rotatable bonds is 4. The predicted octanol–water partition coefficient (Wildman–Crippen LogP) is 18.3. The number of aromatic nitrogens is 2. The molecule has 13 aromatic rings. The van der Waals surface area contributed by atoms with Crippen molar-refractivity contribution in [3.63, 3.8) is 0 Å². The van der Waals surface area contributed by atoms with Crippen molar-refractivity contribution in [2.24, 2.45) is 0 Å². The Bertz CT molecular complexity index is 3950. The molecule has 0 aliphatic carbocycles. The van der Waals surface area contributed by atoms with E-state index in [1.165, 1.54) is 24.3 Å². The van der Waals surface area contributed by atoms with Crippen molar-refractivity contribution in [2.75, 3.05) is 0 Å². The van der Waals surface area contributed by atoms with Crippen molar-refractivity contribution in [2.45, 2.75) is 19.3 Å². The van der Waals surface area contributed by atoms with Crippen LogP contribution in [0.25, 0.3) is 118 Å². The number of halogens is 6. The Kier molecular flexibility index (Phi) is 8.52.